The number of fused-ring (bicyclic) bond motifs is 3. The molecule has 152 valence electrons. The summed E-state index contributed by atoms with van der Waals surface area (Å²) in [5.74, 6) is -1.11. The summed E-state index contributed by atoms with van der Waals surface area (Å²) in [5.41, 5.74) is 5.00. The van der Waals surface area contributed by atoms with Gasteiger partial charge in [-0.2, -0.15) is 0 Å². The Labute approximate surface area is 167 Å². The molecule has 0 fully saturated rings. The first kappa shape index (κ1) is 19.3. The van der Waals surface area contributed by atoms with Crippen molar-refractivity contribution < 1.29 is 19.2 Å². The zero-order valence-electron chi connectivity index (χ0n) is 16.7. The number of hydrogen-bond donors (Lipinski definition) is 3. The highest BCUT2D eigenvalue weighted by Gasteiger charge is 2.45. The maximum atomic E-state index is 14.9. The number of amides is 1. The zero-order valence-corrected chi connectivity index (χ0v) is 16.7. The smallest absolute Gasteiger partial charge is 0.317 e. The van der Waals surface area contributed by atoms with Crippen LogP contribution in [0.15, 0.2) is 0 Å². The molecular formula is C21H22FN3O4. The third-order valence-electron chi connectivity index (χ3n) is 6.29. The lowest BCUT2D eigenvalue weighted by Gasteiger charge is -2.27. The summed E-state index contributed by atoms with van der Waals surface area (Å²) in [6, 6.07) is -1.52. The molecular weight excluding hydrogens is 377 g/mol. The summed E-state index contributed by atoms with van der Waals surface area (Å²) in [6.07, 6.45) is 0.602. The van der Waals surface area contributed by atoms with Gasteiger partial charge in [-0.1, -0.05) is 0 Å². The predicted octanol–water partition coefficient (Wildman–Crippen LogP) is 3.35. The van der Waals surface area contributed by atoms with Crippen LogP contribution in [0.4, 0.5) is 10.1 Å². The minimum absolute atomic E-state index is 0.0277. The Morgan fingerprint density at radius 2 is 1.76 bits per heavy atom. The number of rotatable bonds is 2. The number of nitrogens with zero attached hydrogens (tertiary/aromatic N) is 1. The monoisotopic (exact) mass is 399 g/mol. The third-order valence-corrected chi connectivity index (χ3v) is 6.29. The summed E-state index contributed by atoms with van der Waals surface area (Å²) in [6.45, 7) is 7.69. The lowest BCUT2D eigenvalue weighted by molar-refractivity contribution is -0.512. The second-order valence-corrected chi connectivity index (χ2v) is 7.76. The molecule has 1 amide bonds. The fraction of sp³-hybridized carbons (Fsp3) is 0.381. The number of carbonyl (C=O) groups excluding carboxylic acids is 1. The van der Waals surface area contributed by atoms with E-state index in [1.807, 2.05) is 0 Å². The number of anilines is 1. The van der Waals surface area contributed by atoms with E-state index in [1.54, 1.807) is 27.7 Å². The number of phenols is 1. The van der Waals surface area contributed by atoms with Crippen LogP contribution in [0.1, 0.15) is 45.0 Å². The van der Waals surface area contributed by atoms with E-state index in [4.69, 9.17) is 0 Å². The van der Waals surface area contributed by atoms with E-state index in [9.17, 15) is 24.4 Å². The molecule has 29 heavy (non-hydrogen) atoms. The van der Waals surface area contributed by atoms with Crippen LogP contribution >= 0.6 is 0 Å². The number of benzene rings is 2. The number of hydrogen-bond acceptors (Lipinski definition) is 5. The Kier molecular flexibility index (Phi) is 4.34. The first-order valence-corrected chi connectivity index (χ1v) is 9.48. The van der Waals surface area contributed by atoms with Gasteiger partial charge >= 0.3 is 11.9 Å². The number of aromatic hydroxyl groups is 1. The lowest BCUT2D eigenvalue weighted by Crippen LogP contribution is -2.26. The SMILES string of the molecule is Cc1c(C)c(F)c(C)c(-c2c(C)c3c(c4c2CCNC4)NC(=O)C3[N+](=O)[O-])c1O. The Bertz CT molecular complexity index is 1080. The van der Waals surface area contributed by atoms with Crippen molar-refractivity contribution in [3.63, 3.8) is 0 Å². The molecule has 8 heteroatoms. The first-order valence-electron chi connectivity index (χ1n) is 9.48. The summed E-state index contributed by atoms with van der Waals surface area (Å²) in [4.78, 5) is 23.4. The molecule has 3 N–H and O–H groups in total. The van der Waals surface area contributed by atoms with E-state index in [1.165, 1.54) is 0 Å². The normalized spacial score (nSPS) is 17.7. The van der Waals surface area contributed by atoms with Gasteiger partial charge in [0, 0.05) is 17.0 Å². The molecule has 0 bridgehead atoms. The lowest BCUT2D eigenvalue weighted by atomic mass is 9.80. The second kappa shape index (κ2) is 6.52. The molecule has 4 rings (SSSR count). The second-order valence-electron chi connectivity index (χ2n) is 7.76. The molecule has 2 aliphatic rings. The molecule has 0 spiro atoms. The van der Waals surface area contributed by atoms with Crippen LogP contribution in [-0.2, 0) is 17.8 Å². The van der Waals surface area contributed by atoms with Crippen molar-refractivity contribution in [3.05, 3.63) is 54.9 Å². The van der Waals surface area contributed by atoms with Crippen molar-refractivity contribution in [1.82, 2.24) is 5.32 Å². The number of halogens is 1. The van der Waals surface area contributed by atoms with Crippen LogP contribution in [0.2, 0.25) is 0 Å². The van der Waals surface area contributed by atoms with Crippen LogP contribution in [0, 0.1) is 43.6 Å². The van der Waals surface area contributed by atoms with Crippen LogP contribution in [0.5, 0.6) is 5.75 Å². The average molecular weight is 399 g/mol. The molecule has 1 unspecified atom stereocenters. The van der Waals surface area contributed by atoms with E-state index >= 15 is 0 Å². The minimum Gasteiger partial charge on any atom is -0.507 e. The van der Waals surface area contributed by atoms with Gasteiger partial charge in [-0.25, -0.2) is 4.39 Å². The van der Waals surface area contributed by atoms with Crippen molar-refractivity contribution in [1.29, 1.82) is 0 Å². The van der Waals surface area contributed by atoms with Crippen molar-refractivity contribution in [2.45, 2.75) is 46.7 Å². The van der Waals surface area contributed by atoms with Crippen LogP contribution in [0.3, 0.4) is 0 Å². The van der Waals surface area contributed by atoms with Gasteiger partial charge in [0.15, 0.2) is 0 Å². The van der Waals surface area contributed by atoms with Crippen molar-refractivity contribution >= 4 is 11.6 Å². The van der Waals surface area contributed by atoms with Crippen molar-refractivity contribution in [3.8, 4) is 16.9 Å². The molecule has 7 nitrogen and oxygen atoms in total. The zero-order chi connectivity index (χ0) is 21.2. The van der Waals surface area contributed by atoms with Crippen molar-refractivity contribution in [2.75, 3.05) is 11.9 Å². The summed E-state index contributed by atoms with van der Waals surface area (Å²) >= 11 is 0. The number of nitrogens with one attached hydrogen (secondary N) is 2. The highest BCUT2D eigenvalue weighted by atomic mass is 19.1. The molecule has 1 atom stereocenters. The fourth-order valence-corrected chi connectivity index (χ4v) is 4.66. The van der Waals surface area contributed by atoms with Crippen LogP contribution in [-0.4, -0.2) is 22.5 Å². The van der Waals surface area contributed by atoms with Crippen LogP contribution < -0.4 is 10.6 Å². The van der Waals surface area contributed by atoms with E-state index in [2.05, 4.69) is 10.6 Å². The molecule has 2 heterocycles. The number of carbonyl (C=O) groups is 1. The van der Waals surface area contributed by atoms with Gasteiger partial charge < -0.3 is 15.7 Å². The first-order chi connectivity index (χ1) is 13.7. The number of phenolic OH excluding ortho intramolecular Hbond substituents is 1. The highest BCUT2D eigenvalue weighted by Crippen LogP contribution is 2.49. The van der Waals surface area contributed by atoms with E-state index in [0.717, 1.165) is 11.1 Å². The topological polar surface area (TPSA) is 104 Å². The fourth-order valence-electron chi connectivity index (χ4n) is 4.66. The van der Waals surface area contributed by atoms with E-state index < -0.39 is 22.7 Å². The standard InChI is InChI=1S/C21H22FN3O4/c1-8-9(2)20(26)15(11(4)17(8)22)14-10(3)16-18(13-7-23-6-5-12(13)14)24-21(27)19(16)25(28)29/h19,23,26H,5-7H2,1-4H3,(H,24,27). The van der Waals surface area contributed by atoms with Gasteiger partial charge in [-0.15, -0.1) is 0 Å². The molecule has 2 aromatic carbocycles. The van der Waals surface area contributed by atoms with Gasteiger partial charge in [0.2, 0.25) is 0 Å². The molecule has 0 radical (unpaired) electrons. The van der Waals surface area contributed by atoms with E-state index in [0.29, 0.717) is 64.1 Å². The Morgan fingerprint density at radius 1 is 1.07 bits per heavy atom. The van der Waals surface area contributed by atoms with E-state index in [-0.39, 0.29) is 5.75 Å². The van der Waals surface area contributed by atoms with Crippen LogP contribution in [0.25, 0.3) is 11.1 Å². The molecule has 0 saturated heterocycles. The van der Waals surface area contributed by atoms with Gasteiger partial charge in [0.25, 0.3) is 0 Å². The molecule has 2 aliphatic heterocycles. The summed E-state index contributed by atoms with van der Waals surface area (Å²) in [7, 11) is 0. The van der Waals surface area contributed by atoms with Gasteiger partial charge in [-0.3, -0.25) is 14.9 Å². The highest BCUT2D eigenvalue weighted by molar-refractivity contribution is 6.05. The minimum atomic E-state index is -1.52. The van der Waals surface area contributed by atoms with Gasteiger partial charge in [0.1, 0.15) is 11.6 Å². The molecule has 0 saturated carbocycles. The molecule has 0 aromatic heterocycles. The quantitative estimate of drug-likeness (QED) is 0.531. The van der Waals surface area contributed by atoms with Gasteiger partial charge in [0.05, 0.1) is 11.3 Å². The molecule has 0 aliphatic carbocycles. The molecule has 2 aromatic rings. The van der Waals surface area contributed by atoms with Gasteiger partial charge in [-0.05, 0) is 79.6 Å². The summed E-state index contributed by atoms with van der Waals surface area (Å²) < 4.78 is 14.9. The third kappa shape index (κ3) is 2.55. The Balaban J connectivity index is 2.15. The Hall–Kier alpha value is -3.00. The largest absolute Gasteiger partial charge is 0.507 e. The Morgan fingerprint density at radius 3 is 2.41 bits per heavy atom. The average Bonchev–Trinajstić information content (AvgIpc) is 3.05. The van der Waals surface area contributed by atoms with Crippen molar-refractivity contribution in [2.24, 2.45) is 0 Å². The maximum absolute atomic E-state index is 14.9. The predicted molar refractivity (Wildman–Crippen MR) is 106 cm³/mol. The maximum Gasteiger partial charge on any atom is 0.317 e. The number of nitro groups is 1. The summed E-state index contributed by atoms with van der Waals surface area (Å²) in [5, 5.41) is 28.5.